The largest absolute Gasteiger partial charge is 0.479 e. The highest BCUT2D eigenvalue weighted by Gasteiger charge is 2.03. The molecule has 0 aliphatic carbocycles. The zero-order valence-electron chi connectivity index (χ0n) is 9.23. The molecule has 0 spiro atoms. The smallest absolute Gasteiger partial charge is 0.338 e. The van der Waals surface area contributed by atoms with Gasteiger partial charge in [-0.2, -0.15) is 0 Å². The molecule has 0 unspecified atom stereocenters. The number of urea groups is 1. The van der Waals surface area contributed by atoms with E-state index in [0.29, 0.717) is 13.0 Å². The number of rotatable bonds is 6. The van der Waals surface area contributed by atoms with Gasteiger partial charge >= 0.3 is 12.0 Å². The summed E-state index contributed by atoms with van der Waals surface area (Å²) in [6, 6.07) is -0.571. The highest BCUT2D eigenvalue weighted by molar-refractivity contribution is 7.09. The quantitative estimate of drug-likeness (QED) is 0.638. The number of hydrogen-bond donors (Lipinski definition) is 3. The van der Waals surface area contributed by atoms with Crippen LogP contribution in [0.2, 0.25) is 0 Å². The number of carboxylic acids is 1. The standard InChI is InChI=1S/C9H13N3O4S/c1-6-11-7(5-17-6)2-3-10-9(15)12-16-4-8(13)14/h5H,2-4H2,1H3,(H,13,14)(H2,10,12,15). The number of amides is 2. The molecule has 0 fully saturated rings. The maximum Gasteiger partial charge on any atom is 0.338 e. The lowest BCUT2D eigenvalue weighted by Gasteiger charge is -2.05. The second kappa shape index (κ2) is 6.81. The number of thiazole rings is 1. The van der Waals surface area contributed by atoms with Gasteiger partial charge in [-0.1, -0.05) is 0 Å². The van der Waals surface area contributed by atoms with E-state index in [1.807, 2.05) is 17.8 Å². The number of nitrogens with zero attached hydrogens (tertiary/aromatic N) is 1. The summed E-state index contributed by atoms with van der Waals surface area (Å²) in [6.45, 7) is 1.75. The minimum absolute atomic E-state index is 0.408. The third-order valence-electron chi connectivity index (χ3n) is 1.69. The van der Waals surface area contributed by atoms with Gasteiger partial charge in [0.05, 0.1) is 10.7 Å². The predicted molar refractivity (Wildman–Crippen MR) is 60.7 cm³/mol. The first-order valence-corrected chi connectivity index (χ1v) is 5.74. The van der Waals surface area contributed by atoms with Crippen molar-refractivity contribution in [1.29, 1.82) is 0 Å². The fraction of sp³-hybridized carbons (Fsp3) is 0.444. The third kappa shape index (κ3) is 5.83. The summed E-state index contributed by atoms with van der Waals surface area (Å²) in [4.78, 5) is 29.8. The maximum absolute atomic E-state index is 11.1. The first-order valence-electron chi connectivity index (χ1n) is 4.86. The summed E-state index contributed by atoms with van der Waals surface area (Å²) in [5.74, 6) is -1.15. The number of aliphatic carboxylic acids is 1. The highest BCUT2D eigenvalue weighted by Crippen LogP contribution is 2.07. The lowest BCUT2D eigenvalue weighted by atomic mass is 10.3. The summed E-state index contributed by atoms with van der Waals surface area (Å²) in [5, 5.41) is 13.7. The second-order valence-corrected chi connectivity index (χ2v) is 4.21. The molecule has 2 amide bonds. The van der Waals surface area contributed by atoms with Crippen LogP contribution in [-0.2, 0) is 16.1 Å². The van der Waals surface area contributed by atoms with Gasteiger partial charge in [0.25, 0.3) is 0 Å². The molecular formula is C9H13N3O4S. The van der Waals surface area contributed by atoms with Crippen molar-refractivity contribution in [3.8, 4) is 0 Å². The average Bonchev–Trinajstić information content (AvgIpc) is 2.63. The molecular weight excluding hydrogens is 246 g/mol. The number of nitrogens with one attached hydrogen (secondary N) is 2. The second-order valence-electron chi connectivity index (χ2n) is 3.15. The SMILES string of the molecule is Cc1nc(CCNC(=O)NOCC(=O)O)cs1. The Labute approximate surface area is 102 Å². The van der Waals surface area contributed by atoms with Crippen LogP contribution in [0.3, 0.4) is 0 Å². The van der Waals surface area contributed by atoms with Gasteiger partial charge in [0, 0.05) is 18.3 Å². The topological polar surface area (TPSA) is 101 Å². The van der Waals surface area contributed by atoms with Gasteiger partial charge in [-0.3, -0.25) is 4.84 Å². The molecule has 94 valence electrons. The Balaban J connectivity index is 2.10. The molecule has 0 radical (unpaired) electrons. The summed E-state index contributed by atoms with van der Waals surface area (Å²) >= 11 is 1.55. The van der Waals surface area contributed by atoms with E-state index in [4.69, 9.17) is 5.11 Å². The van der Waals surface area contributed by atoms with Gasteiger partial charge < -0.3 is 10.4 Å². The molecule has 1 rings (SSSR count). The molecule has 17 heavy (non-hydrogen) atoms. The molecule has 0 aliphatic heterocycles. The monoisotopic (exact) mass is 259 g/mol. The normalized spacial score (nSPS) is 9.94. The lowest BCUT2D eigenvalue weighted by Crippen LogP contribution is -2.37. The van der Waals surface area contributed by atoms with Crippen molar-refractivity contribution >= 4 is 23.3 Å². The van der Waals surface area contributed by atoms with Crippen LogP contribution in [0.25, 0.3) is 0 Å². The van der Waals surface area contributed by atoms with Gasteiger partial charge in [-0.05, 0) is 6.92 Å². The predicted octanol–water partition coefficient (Wildman–Crippen LogP) is 0.309. The van der Waals surface area contributed by atoms with E-state index in [2.05, 4.69) is 15.1 Å². The number of aromatic nitrogens is 1. The van der Waals surface area contributed by atoms with Gasteiger partial charge in [0.2, 0.25) is 0 Å². The number of carboxylic acid groups (broad SMARTS) is 1. The van der Waals surface area contributed by atoms with Crippen LogP contribution in [0.5, 0.6) is 0 Å². The van der Waals surface area contributed by atoms with Crippen LogP contribution in [0.1, 0.15) is 10.7 Å². The molecule has 3 N–H and O–H groups in total. The van der Waals surface area contributed by atoms with Gasteiger partial charge in [-0.15, -0.1) is 11.3 Å². The zero-order valence-corrected chi connectivity index (χ0v) is 10.0. The van der Waals surface area contributed by atoms with E-state index >= 15 is 0 Å². The summed E-state index contributed by atoms with van der Waals surface area (Å²) in [5.41, 5.74) is 2.87. The Hall–Kier alpha value is -1.67. The van der Waals surface area contributed by atoms with Crippen LogP contribution in [-0.4, -0.2) is 35.2 Å². The van der Waals surface area contributed by atoms with E-state index in [0.717, 1.165) is 10.7 Å². The van der Waals surface area contributed by atoms with Crippen LogP contribution in [0.15, 0.2) is 5.38 Å². The molecule has 1 heterocycles. The van der Waals surface area contributed by atoms with Crippen molar-refractivity contribution in [1.82, 2.24) is 15.8 Å². The Morgan fingerprint density at radius 1 is 1.59 bits per heavy atom. The van der Waals surface area contributed by atoms with Crippen molar-refractivity contribution in [2.24, 2.45) is 0 Å². The van der Waals surface area contributed by atoms with Gasteiger partial charge in [-0.25, -0.2) is 20.1 Å². The fourth-order valence-electron chi connectivity index (χ4n) is 1.03. The van der Waals surface area contributed by atoms with Crippen molar-refractivity contribution < 1.29 is 19.5 Å². The van der Waals surface area contributed by atoms with E-state index in [9.17, 15) is 9.59 Å². The van der Waals surface area contributed by atoms with Crippen molar-refractivity contribution in [2.45, 2.75) is 13.3 Å². The number of aryl methyl sites for hydroxylation is 1. The van der Waals surface area contributed by atoms with Crippen LogP contribution >= 0.6 is 11.3 Å². The first kappa shape index (κ1) is 13.4. The van der Waals surface area contributed by atoms with E-state index in [1.165, 1.54) is 0 Å². The summed E-state index contributed by atoms with van der Waals surface area (Å²) < 4.78 is 0. The minimum atomic E-state index is -1.15. The van der Waals surface area contributed by atoms with Crippen molar-refractivity contribution in [3.05, 3.63) is 16.1 Å². The average molecular weight is 259 g/mol. The Kier molecular flexibility index (Phi) is 5.37. The molecule has 8 heteroatoms. The molecule has 1 aromatic heterocycles. The summed E-state index contributed by atoms with van der Waals surface area (Å²) in [7, 11) is 0. The van der Waals surface area contributed by atoms with E-state index in [1.54, 1.807) is 11.3 Å². The third-order valence-corrected chi connectivity index (χ3v) is 2.52. The maximum atomic E-state index is 11.1. The van der Waals surface area contributed by atoms with Crippen LogP contribution in [0.4, 0.5) is 4.79 Å². The summed E-state index contributed by atoms with van der Waals surface area (Å²) in [6.07, 6.45) is 0.622. The first-order chi connectivity index (χ1) is 8.08. The van der Waals surface area contributed by atoms with Gasteiger partial charge in [0.15, 0.2) is 6.61 Å². The molecule has 0 bridgehead atoms. The Morgan fingerprint density at radius 3 is 2.94 bits per heavy atom. The number of carbonyl (C=O) groups excluding carboxylic acids is 1. The van der Waals surface area contributed by atoms with Crippen molar-refractivity contribution in [3.63, 3.8) is 0 Å². The molecule has 0 aliphatic rings. The van der Waals surface area contributed by atoms with Gasteiger partial charge in [0.1, 0.15) is 0 Å². The highest BCUT2D eigenvalue weighted by atomic mass is 32.1. The molecule has 0 saturated heterocycles. The van der Waals surface area contributed by atoms with Crippen LogP contribution < -0.4 is 10.8 Å². The minimum Gasteiger partial charge on any atom is -0.479 e. The molecule has 0 saturated carbocycles. The van der Waals surface area contributed by atoms with E-state index in [-0.39, 0.29) is 0 Å². The fourth-order valence-corrected chi connectivity index (χ4v) is 1.67. The molecule has 0 aromatic carbocycles. The number of hydroxylamine groups is 1. The number of carbonyl (C=O) groups is 2. The zero-order chi connectivity index (χ0) is 12.7. The molecule has 7 nitrogen and oxygen atoms in total. The van der Waals surface area contributed by atoms with Crippen LogP contribution in [0, 0.1) is 6.92 Å². The Bertz CT molecular complexity index is 393. The van der Waals surface area contributed by atoms with E-state index < -0.39 is 18.6 Å². The Morgan fingerprint density at radius 2 is 2.35 bits per heavy atom. The number of hydrogen-bond acceptors (Lipinski definition) is 5. The molecule has 1 aromatic rings. The molecule has 0 atom stereocenters. The van der Waals surface area contributed by atoms with Crippen molar-refractivity contribution in [2.75, 3.05) is 13.2 Å². The lowest BCUT2D eigenvalue weighted by molar-refractivity contribution is -0.144.